The van der Waals surface area contributed by atoms with E-state index < -0.39 is 0 Å². The van der Waals surface area contributed by atoms with Crippen molar-refractivity contribution in [1.29, 1.82) is 0 Å². The second-order valence-electron chi connectivity index (χ2n) is 11.0. The van der Waals surface area contributed by atoms with Crippen LogP contribution in [0.3, 0.4) is 0 Å². The summed E-state index contributed by atoms with van der Waals surface area (Å²) in [5.41, 5.74) is 5.91. The van der Waals surface area contributed by atoms with Crippen molar-refractivity contribution in [3.05, 3.63) is 92.8 Å². The topological polar surface area (TPSA) is 92.2 Å². The Labute approximate surface area is 235 Å². The van der Waals surface area contributed by atoms with Crippen molar-refractivity contribution in [2.75, 3.05) is 20.2 Å². The van der Waals surface area contributed by atoms with E-state index in [2.05, 4.69) is 49.9 Å². The van der Waals surface area contributed by atoms with Gasteiger partial charge in [-0.25, -0.2) is 0 Å². The summed E-state index contributed by atoms with van der Waals surface area (Å²) in [6.45, 7) is 11.3. The van der Waals surface area contributed by atoms with Gasteiger partial charge in [0, 0.05) is 46.8 Å². The van der Waals surface area contributed by atoms with E-state index in [1.165, 1.54) is 12.7 Å². The van der Waals surface area contributed by atoms with E-state index in [0.717, 1.165) is 54.8 Å². The van der Waals surface area contributed by atoms with E-state index in [4.69, 9.17) is 4.74 Å². The minimum atomic E-state index is -0.254. The number of benzene rings is 1. The number of aromatic amines is 1. The number of likely N-dealkylation sites (tertiary alicyclic amines) is 1. The number of aromatic nitrogens is 3. The lowest BCUT2D eigenvalue weighted by Gasteiger charge is -2.36. The highest BCUT2D eigenvalue weighted by Gasteiger charge is 2.29. The number of fused-ring (bicyclic) bond motifs is 1. The molecule has 8 heteroatoms. The molecular formula is C32H39N5O3. The molecule has 2 N–H and O–H groups in total. The van der Waals surface area contributed by atoms with Crippen LogP contribution in [0, 0.1) is 26.7 Å². The summed E-state index contributed by atoms with van der Waals surface area (Å²) < 4.78 is 7.75. The molecule has 5 rings (SSSR count). The van der Waals surface area contributed by atoms with Gasteiger partial charge in [0.15, 0.2) is 0 Å². The predicted octanol–water partition coefficient (Wildman–Crippen LogP) is 5.06. The number of carbonyl (C=O) groups is 1. The molecule has 40 heavy (non-hydrogen) atoms. The number of aryl methyl sites for hydroxylation is 2. The Morgan fingerprint density at radius 1 is 1.15 bits per heavy atom. The molecule has 3 aromatic heterocycles. The zero-order valence-electron chi connectivity index (χ0n) is 24.1. The maximum Gasteiger partial charge on any atom is 0.256 e. The Bertz CT molecular complexity index is 1580. The molecule has 4 heterocycles. The molecule has 1 atom stereocenters. The summed E-state index contributed by atoms with van der Waals surface area (Å²) in [7, 11) is 1.53. The molecule has 1 aromatic carbocycles. The number of piperidine rings is 1. The third-order valence-corrected chi connectivity index (χ3v) is 8.35. The number of nitrogens with one attached hydrogen (secondary N) is 2. The third kappa shape index (κ3) is 5.54. The largest absolute Gasteiger partial charge is 0.496 e. The number of methoxy groups -OCH3 is 1. The van der Waals surface area contributed by atoms with E-state index in [1.54, 1.807) is 13.0 Å². The van der Waals surface area contributed by atoms with Crippen LogP contribution in [0.4, 0.5) is 0 Å². The fourth-order valence-corrected chi connectivity index (χ4v) is 6.26. The number of ether oxygens (including phenoxy) is 1. The lowest BCUT2D eigenvalue weighted by Crippen LogP contribution is -2.36. The fraction of sp³-hybridized carbons (Fsp3) is 0.406. The number of rotatable bonds is 8. The van der Waals surface area contributed by atoms with Gasteiger partial charge in [-0.3, -0.25) is 19.5 Å². The summed E-state index contributed by atoms with van der Waals surface area (Å²) in [6, 6.07) is 14.4. The fourth-order valence-electron chi connectivity index (χ4n) is 6.26. The number of para-hydroxylation sites is 1. The maximum atomic E-state index is 13.6. The van der Waals surface area contributed by atoms with Gasteiger partial charge in [-0.05, 0) is 89.4 Å². The summed E-state index contributed by atoms with van der Waals surface area (Å²) in [5, 5.41) is 3.91. The number of pyridine rings is 2. The van der Waals surface area contributed by atoms with Gasteiger partial charge in [0.05, 0.1) is 24.8 Å². The summed E-state index contributed by atoms with van der Waals surface area (Å²) in [5.74, 6) is 0.792. The van der Waals surface area contributed by atoms with Gasteiger partial charge in [0.2, 0.25) is 0 Å². The SMILES string of the molecule is COc1cc(C)[nH]c(=O)c1CNC(=O)c1c(C)n([C@H](C)C2CCN(Cc3ccnc(C)c3)CC2)c2ccccc12. The van der Waals surface area contributed by atoms with Gasteiger partial charge in [0.25, 0.3) is 11.5 Å². The monoisotopic (exact) mass is 541 g/mol. The Morgan fingerprint density at radius 2 is 1.90 bits per heavy atom. The molecule has 1 fully saturated rings. The van der Waals surface area contributed by atoms with Crippen LogP contribution >= 0.6 is 0 Å². The van der Waals surface area contributed by atoms with Crippen LogP contribution in [0.2, 0.25) is 0 Å². The molecule has 1 amide bonds. The highest BCUT2D eigenvalue weighted by molar-refractivity contribution is 6.08. The lowest BCUT2D eigenvalue weighted by atomic mass is 9.89. The molecule has 0 spiro atoms. The molecule has 0 saturated carbocycles. The first-order valence-electron chi connectivity index (χ1n) is 14.0. The molecule has 1 aliphatic heterocycles. The van der Waals surface area contributed by atoms with E-state index in [9.17, 15) is 9.59 Å². The quantitative estimate of drug-likeness (QED) is 0.325. The normalized spacial score (nSPS) is 15.3. The van der Waals surface area contributed by atoms with Crippen molar-refractivity contribution in [2.24, 2.45) is 5.92 Å². The standard InChI is InChI=1S/C32H39N5O3/c1-20-16-24(10-13-33-20)19-36-14-11-25(12-15-36)22(3)37-23(4)30(26-8-6-7-9-28(26)37)32(39)34-18-27-29(40-5)17-21(2)35-31(27)38/h6-10,13,16-17,22,25H,11-12,14-15,18-19H2,1-5H3,(H,34,39)(H,35,38)/t22-/m1/s1. The first-order valence-corrected chi connectivity index (χ1v) is 14.0. The van der Waals surface area contributed by atoms with Gasteiger partial charge in [0.1, 0.15) is 5.75 Å². The second-order valence-corrected chi connectivity index (χ2v) is 11.0. The average Bonchev–Trinajstić information content (AvgIpc) is 3.23. The van der Waals surface area contributed by atoms with Crippen LogP contribution in [-0.4, -0.2) is 45.5 Å². The van der Waals surface area contributed by atoms with Crippen molar-refractivity contribution in [3.8, 4) is 5.75 Å². The Morgan fingerprint density at radius 3 is 2.62 bits per heavy atom. The maximum absolute atomic E-state index is 13.6. The Balaban J connectivity index is 1.34. The van der Waals surface area contributed by atoms with Gasteiger partial charge >= 0.3 is 0 Å². The molecule has 4 aromatic rings. The number of hydrogen-bond donors (Lipinski definition) is 2. The van der Waals surface area contributed by atoms with Crippen molar-refractivity contribution < 1.29 is 9.53 Å². The van der Waals surface area contributed by atoms with Crippen LogP contribution < -0.4 is 15.6 Å². The summed E-state index contributed by atoms with van der Waals surface area (Å²) in [4.78, 5) is 35.8. The predicted molar refractivity (Wildman–Crippen MR) is 158 cm³/mol. The number of carbonyl (C=O) groups excluding carboxylic acids is 1. The zero-order chi connectivity index (χ0) is 28.4. The highest BCUT2D eigenvalue weighted by atomic mass is 16.5. The van der Waals surface area contributed by atoms with Crippen molar-refractivity contribution >= 4 is 16.8 Å². The molecule has 0 aliphatic carbocycles. The summed E-state index contributed by atoms with van der Waals surface area (Å²) >= 11 is 0. The van der Waals surface area contributed by atoms with Crippen molar-refractivity contribution in [2.45, 2.75) is 59.7 Å². The molecule has 1 aliphatic rings. The number of H-pyrrole nitrogens is 1. The number of nitrogens with zero attached hydrogens (tertiary/aromatic N) is 3. The minimum Gasteiger partial charge on any atom is -0.496 e. The first-order chi connectivity index (χ1) is 19.3. The molecule has 0 unspecified atom stereocenters. The van der Waals surface area contributed by atoms with Gasteiger partial charge in [-0.1, -0.05) is 18.2 Å². The Hall–Kier alpha value is -3.91. The van der Waals surface area contributed by atoms with Gasteiger partial charge < -0.3 is 19.6 Å². The lowest BCUT2D eigenvalue weighted by molar-refractivity contribution is 0.0951. The van der Waals surface area contributed by atoms with Gasteiger partial charge in [-0.15, -0.1) is 0 Å². The van der Waals surface area contributed by atoms with E-state index >= 15 is 0 Å². The first kappa shape index (κ1) is 27.6. The average molecular weight is 542 g/mol. The zero-order valence-corrected chi connectivity index (χ0v) is 24.1. The smallest absolute Gasteiger partial charge is 0.256 e. The minimum absolute atomic E-state index is 0.0849. The molecule has 1 saturated heterocycles. The van der Waals surface area contributed by atoms with Crippen LogP contribution in [-0.2, 0) is 13.1 Å². The second kappa shape index (κ2) is 11.7. The molecule has 0 radical (unpaired) electrons. The molecule has 0 bridgehead atoms. The van der Waals surface area contributed by atoms with E-state index in [-0.39, 0.29) is 24.1 Å². The van der Waals surface area contributed by atoms with E-state index in [0.29, 0.717) is 28.5 Å². The van der Waals surface area contributed by atoms with Crippen LogP contribution in [0.15, 0.2) is 53.5 Å². The summed E-state index contributed by atoms with van der Waals surface area (Å²) in [6.07, 6.45) is 4.10. The Kier molecular flexibility index (Phi) is 8.07. The van der Waals surface area contributed by atoms with Gasteiger partial charge in [-0.2, -0.15) is 0 Å². The number of hydrogen-bond acceptors (Lipinski definition) is 5. The van der Waals surface area contributed by atoms with Crippen molar-refractivity contribution in [1.82, 2.24) is 24.8 Å². The van der Waals surface area contributed by atoms with Crippen LogP contribution in [0.25, 0.3) is 10.9 Å². The third-order valence-electron chi connectivity index (χ3n) is 8.35. The van der Waals surface area contributed by atoms with Crippen LogP contribution in [0.1, 0.15) is 64.4 Å². The highest BCUT2D eigenvalue weighted by Crippen LogP contribution is 2.36. The molecular weight excluding hydrogens is 502 g/mol. The molecule has 210 valence electrons. The van der Waals surface area contributed by atoms with E-state index in [1.807, 2.05) is 38.2 Å². The van der Waals surface area contributed by atoms with Crippen LogP contribution in [0.5, 0.6) is 5.75 Å². The number of amides is 1. The molecule has 8 nitrogen and oxygen atoms in total. The van der Waals surface area contributed by atoms with Crippen molar-refractivity contribution in [3.63, 3.8) is 0 Å².